The number of likely N-dealkylation sites (tertiary alicyclic amines) is 1. The van der Waals surface area contributed by atoms with Crippen molar-refractivity contribution in [1.29, 1.82) is 0 Å². The molecular formula is C24H33FN10O. The molecule has 0 spiro atoms. The molecule has 0 saturated carbocycles. The molecule has 0 radical (unpaired) electrons. The first-order chi connectivity index (χ1) is 17.2. The van der Waals surface area contributed by atoms with Gasteiger partial charge in [0.05, 0.1) is 42.5 Å². The van der Waals surface area contributed by atoms with Gasteiger partial charge in [-0.15, -0.1) is 0 Å². The Labute approximate surface area is 209 Å². The number of imidazole rings is 1. The Morgan fingerprint density at radius 1 is 1.28 bits per heavy atom. The van der Waals surface area contributed by atoms with Crippen molar-refractivity contribution in [2.45, 2.75) is 51.5 Å². The van der Waals surface area contributed by atoms with Crippen molar-refractivity contribution >= 4 is 34.5 Å². The van der Waals surface area contributed by atoms with Crippen molar-refractivity contribution in [1.82, 2.24) is 39.5 Å². The Bertz CT molecular complexity index is 1280. The molecule has 5 heterocycles. The maximum atomic E-state index is 14.8. The Morgan fingerprint density at radius 2 is 2.08 bits per heavy atom. The molecule has 2 aliphatic heterocycles. The molecule has 36 heavy (non-hydrogen) atoms. The van der Waals surface area contributed by atoms with Crippen LogP contribution in [0.15, 0.2) is 25.2 Å². The van der Waals surface area contributed by atoms with Crippen molar-refractivity contribution in [2.24, 2.45) is 0 Å². The molecule has 3 aromatic heterocycles. The summed E-state index contributed by atoms with van der Waals surface area (Å²) in [5.74, 6) is 0.518. The Kier molecular flexibility index (Phi) is 6.37. The van der Waals surface area contributed by atoms with Gasteiger partial charge in [-0.25, -0.2) is 9.37 Å². The molecule has 3 atom stereocenters. The van der Waals surface area contributed by atoms with E-state index in [-0.39, 0.29) is 19.1 Å². The van der Waals surface area contributed by atoms with Gasteiger partial charge in [-0.1, -0.05) is 6.58 Å². The van der Waals surface area contributed by atoms with Crippen LogP contribution in [-0.2, 0) is 4.79 Å². The number of likely N-dealkylation sites (N-methyl/N-ethyl adjacent to an activating group) is 1. The molecule has 2 fully saturated rings. The van der Waals surface area contributed by atoms with Gasteiger partial charge in [0.2, 0.25) is 11.9 Å². The molecule has 11 nitrogen and oxygen atoms in total. The molecular weight excluding hydrogens is 463 g/mol. The molecule has 192 valence electrons. The van der Waals surface area contributed by atoms with Gasteiger partial charge in [0, 0.05) is 19.1 Å². The van der Waals surface area contributed by atoms with Gasteiger partial charge >= 0.3 is 0 Å². The van der Waals surface area contributed by atoms with Crippen molar-refractivity contribution in [3.63, 3.8) is 0 Å². The molecule has 1 unspecified atom stereocenters. The van der Waals surface area contributed by atoms with E-state index in [4.69, 9.17) is 9.97 Å². The van der Waals surface area contributed by atoms with E-state index in [1.807, 2.05) is 17.7 Å². The molecule has 0 bridgehead atoms. The summed E-state index contributed by atoms with van der Waals surface area (Å²) in [7, 11) is 2.12. The third-order valence-electron chi connectivity index (χ3n) is 7.02. The highest BCUT2D eigenvalue weighted by atomic mass is 19.1. The second kappa shape index (κ2) is 9.49. The molecule has 2 saturated heterocycles. The Hall–Kier alpha value is -3.54. The van der Waals surface area contributed by atoms with Gasteiger partial charge in [-0.3, -0.25) is 9.48 Å². The van der Waals surface area contributed by atoms with Crippen LogP contribution in [0, 0.1) is 6.92 Å². The first kappa shape index (κ1) is 24.2. The number of rotatable bonds is 7. The predicted molar refractivity (Wildman–Crippen MR) is 136 cm³/mol. The lowest BCUT2D eigenvalue weighted by molar-refractivity contribution is -0.117. The summed E-state index contributed by atoms with van der Waals surface area (Å²) < 4.78 is 18.8. The minimum Gasteiger partial charge on any atom is -0.345 e. The van der Waals surface area contributed by atoms with Gasteiger partial charge in [0.15, 0.2) is 17.0 Å². The Balaban J connectivity index is 1.48. The zero-order valence-corrected chi connectivity index (χ0v) is 21.1. The summed E-state index contributed by atoms with van der Waals surface area (Å²) in [6, 6.07) is -0.201. The fraction of sp³-hybridized carbons (Fsp3) is 0.542. The first-order valence-corrected chi connectivity index (χ1v) is 12.3. The van der Waals surface area contributed by atoms with E-state index in [2.05, 4.69) is 57.8 Å². The first-order valence-electron chi connectivity index (χ1n) is 12.3. The number of alkyl halides is 1. The van der Waals surface area contributed by atoms with Crippen LogP contribution in [0.3, 0.4) is 0 Å². The van der Waals surface area contributed by atoms with E-state index >= 15 is 0 Å². The van der Waals surface area contributed by atoms with Crippen LogP contribution in [0.1, 0.15) is 38.0 Å². The zero-order valence-electron chi connectivity index (χ0n) is 21.1. The van der Waals surface area contributed by atoms with E-state index < -0.39 is 18.1 Å². The number of hydrogen-bond acceptors (Lipinski definition) is 8. The number of carbonyl (C=O) groups is 1. The minimum absolute atomic E-state index is 0.0784. The van der Waals surface area contributed by atoms with E-state index in [0.717, 1.165) is 37.0 Å². The number of nitrogens with zero attached hydrogens (tertiary/aromatic N) is 8. The topological polar surface area (TPSA) is 109 Å². The summed E-state index contributed by atoms with van der Waals surface area (Å²) in [5.41, 5.74) is 3.15. The lowest BCUT2D eigenvalue weighted by Crippen LogP contribution is -2.40. The number of anilines is 3. The van der Waals surface area contributed by atoms with Crippen LogP contribution in [0.4, 0.5) is 21.8 Å². The second-order valence-corrected chi connectivity index (χ2v) is 9.95. The minimum atomic E-state index is -1.25. The van der Waals surface area contributed by atoms with Gasteiger partial charge in [0.1, 0.15) is 6.17 Å². The molecule has 5 rings (SSSR count). The SMILES string of the molecule is C=CC(=O)N[C@@H]1CN(c2nc(Nc3cnn(C4CCN(C)C4)c3C)c3ncn(C(C)C)c3n2)C[C@H]1F. The van der Waals surface area contributed by atoms with Crippen LogP contribution in [0.25, 0.3) is 11.2 Å². The van der Waals surface area contributed by atoms with Crippen LogP contribution in [0.5, 0.6) is 0 Å². The lowest BCUT2D eigenvalue weighted by Gasteiger charge is -2.18. The van der Waals surface area contributed by atoms with Crippen molar-refractivity contribution in [3.05, 3.63) is 30.9 Å². The molecule has 2 aliphatic rings. The van der Waals surface area contributed by atoms with Gasteiger partial charge in [-0.2, -0.15) is 15.1 Å². The van der Waals surface area contributed by atoms with E-state index in [1.165, 1.54) is 0 Å². The molecule has 3 aromatic rings. The molecule has 1 amide bonds. The normalized spacial score (nSPS) is 22.6. The third kappa shape index (κ3) is 4.41. The van der Waals surface area contributed by atoms with E-state index in [1.54, 1.807) is 11.2 Å². The summed E-state index contributed by atoms with van der Waals surface area (Å²) in [6.45, 7) is 11.9. The molecule has 12 heteroatoms. The zero-order chi connectivity index (χ0) is 25.6. The number of aromatic nitrogens is 6. The Morgan fingerprint density at radius 3 is 2.78 bits per heavy atom. The lowest BCUT2D eigenvalue weighted by atomic mass is 10.2. The van der Waals surface area contributed by atoms with Gasteiger partial charge in [0.25, 0.3) is 0 Å². The summed E-state index contributed by atoms with van der Waals surface area (Å²) >= 11 is 0. The number of halogens is 1. The summed E-state index contributed by atoms with van der Waals surface area (Å²) in [4.78, 5) is 29.9. The highest BCUT2D eigenvalue weighted by Crippen LogP contribution is 2.31. The molecule has 0 aliphatic carbocycles. The van der Waals surface area contributed by atoms with Crippen LogP contribution < -0.4 is 15.5 Å². The number of nitrogens with one attached hydrogen (secondary N) is 2. The number of amides is 1. The van der Waals surface area contributed by atoms with Gasteiger partial charge < -0.3 is 25.0 Å². The van der Waals surface area contributed by atoms with Crippen molar-refractivity contribution in [3.8, 4) is 0 Å². The number of fused-ring (bicyclic) bond motifs is 1. The third-order valence-corrected chi connectivity index (χ3v) is 7.02. The average Bonchev–Trinajstić information content (AvgIpc) is 3.62. The van der Waals surface area contributed by atoms with Crippen molar-refractivity contribution in [2.75, 3.05) is 43.4 Å². The fourth-order valence-electron chi connectivity index (χ4n) is 4.97. The second-order valence-electron chi connectivity index (χ2n) is 9.95. The largest absolute Gasteiger partial charge is 0.345 e. The van der Waals surface area contributed by atoms with Crippen molar-refractivity contribution < 1.29 is 9.18 Å². The maximum absolute atomic E-state index is 14.8. The monoisotopic (exact) mass is 496 g/mol. The highest BCUT2D eigenvalue weighted by molar-refractivity contribution is 5.88. The average molecular weight is 497 g/mol. The van der Waals surface area contributed by atoms with Crippen LogP contribution in [-0.4, -0.2) is 85.5 Å². The standard InChI is InChI=1S/C24H33FN10O/c1-6-20(36)28-19-12-33(11-17(19)25)24-30-22(21-23(31-24)34(13-26-21)14(2)3)29-18-9-27-35(15(18)4)16-7-8-32(5)10-16/h6,9,13-14,16-17,19H,1,7-8,10-12H2,2-5H3,(H,28,36)(H,29,30,31)/t16?,17-,19-/m1/s1. The highest BCUT2D eigenvalue weighted by Gasteiger charge is 2.35. The quantitative estimate of drug-likeness (QED) is 0.480. The fourth-order valence-corrected chi connectivity index (χ4v) is 4.97. The predicted octanol–water partition coefficient (Wildman–Crippen LogP) is 2.36. The number of hydrogen-bond donors (Lipinski definition) is 2. The summed E-state index contributed by atoms with van der Waals surface area (Å²) in [5, 5.41) is 10.7. The van der Waals surface area contributed by atoms with Gasteiger partial charge in [-0.05, 0) is 46.9 Å². The molecule has 0 aromatic carbocycles. The summed E-state index contributed by atoms with van der Waals surface area (Å²) in [6.07, 6.45) is 4.52. The van der Waals surface area contributed by atoms with E-state index in [0.29, 0.717) is 29.0 Å². The molecule has 2 N–H and O–H groups in total. The van der Waals surface area contributed by atoms with Crippen LogP contribution in [0.2, 0.25) is 0 Å². The number of carbonyl (C=O) groups excluding carboxylic acids is 1. The van der Waals surface area contributed by atoms with E-state index in [9.17, 15) is 9.18 Å². The van der Waals surface area contributed by atoms with Crippen LogP contribution >= 0.6 is 0 Å². The smallest absolute Gasteiger partial charge is 0.243 e. The maximum Gasteiger partial charge on any atom is 0.243 e.